The van der Waals surface area contributed by atoms with Crippen molar-refractivity contribution in [2.45, 2.75) is 114 Å². The van der Waals surface area contributed by atoms with E-state index in [9.17, 15) is 4.39 Å². The normalized spacial score (nSPS) is 13.5. The molecule has 51 heavy (non-hydrogen) atoms. The molecule has 1 rings (SSSR count). The van der Waals surface area contributed by atoms with Crippen LogP contribution < -0.4 is 15.4 Å². The molecule has 1 aromatic heterocycles. The maximum atomic E-state index is 13.1. The van der Waals surface area contributed by atoms with Gasteiger partial charge in [-0.2, -0.15) is 15.0 Å². The Morgan fingerprint density at radius 3 is 1.08 bits per heavy atom. The van der Waals surface area contributed by atoms with Gasteiger partial charge in [0.15, 0.2) is 33.3 Å². The highest BCUT2D eigenvalue weighted by molar-refractivity contribution is 6.85. The van der Waals surface area contributed by atoms with Crippen LogP contribution in [0.4, 0.5) is 16.3 Å². The second-order valence-electron chi connectivity index (χ2n) is 15.1. The summed E-state index contributed by atoms with van der Waals surface area (Å²) in [6.07, 6.45) is 3.67. The summed E-state index contributed by atoms with van der Waals surface area (Å²) >= 11 is 0. The molecule has 0 saturated carbocycles. The molecule has 300 valence electrons. The highest BCUT2D eigenvalue weighted by Crippen LogP contribution is 2.28. The Bertz CT molecular complexity index is 1030. The van der Waals surface area contributed by atoms with E-state index in [0.29, 0.717) is 25.0 Å². The lowest BCUT2D eigenvalue weighted by Gasteiger charge is -2.35. The molecule has 2 N–H and O–H groups in total. The van der Waals surface area contributed by atoms with Crippen LogP contribution in [0.1, 0.15) is 25.7 Å². The first-order valence-corrected chi connectivity index (χ1v) is 34.2. The Morgan fingerprint density at radius 1 is 0.471 bits per heavy atom. The molecule has 0 aromatic carbocycles. The van der Waals surface area contributed by atoms with Crippen LogP contribution in [0.2, 0.25) is 88.6 Å². The first-order valence-electron chi connectivity index (χ1n) is 17.9. The number of rotatable bonds is 30. The molecule has 0 unspecified atom stereocenters. The molecule has 0 aliphatic heterocycles. The quantitative estimate of drug-likeness (QED) is 0.0597. The van der Waals surface area contributed by atoms with Crippen molar-refractivity contribution in [1.29, 1.82) is 0 Å². The minimum absolute atomic E-state index is 0.0564. The number of hydrogen-bond donors (Lipinski definition) is 2. The maximum absolute atomic E-state index is 13.1. The summed E-state index contributed by atoms with van der Waals surface area (Å²) in [6.45, 7) is 18.5. The highest BCUT2D eigenvalue weighted by atomic mass is 28.4. The number of halogens is 1. The van der Waals surface area contributed by atoms with Crippen molar-refractivity contribution in [3.05, 3.63) is 0 Å². The molecule has 0 aliphatic carbocycles. The number of ether oxygens (including phenoxy) is 1. The van der Waals surface area contributed by atoms with Gasteiger partial charge in [-0.1, -0.05) is 0 Å². The van der Waals surface area contributed by atoms with Crippen molar-refractivity contribution in [3.8, 4) is 6.01 Å². The number of aromatic nitrogens is 3. The Morgan fingerprint density at radius 2 is 0.784 bits per heavy atom. The van der Waals surface area contributed by atoms with Gasteiger partial charge in [0.1, 0.15) is 0 Å². The van der Waals surface area contributed by atoms with Crippen LogP contribution in [-0.4, -0.2) is 128 Å². The first kappa shape index (κ1) is 48.3. The van der Waals surface area contributed by atoms with Crippen molar-refractivity contribution < 1.29 is 43.9 Å². The fourth-order valence-electron chi connectivity index (χ4n) is 6.33. The van der Waals surface area contributed by atoms with Crippen molar-refractivity contribution in [3.63, 3.8) is 0 Å². The standard InChI is InChI=1S/C30H70FN5O9Si6/c1-37-50(38-2,39-3)25-17-23-48(11,12)44-46(7,8)21-15-19-32-28-34-29(36-30(35-28)43-27-31)33-20-16-22-47(9,10)45-49(13,14)24-18-26-51(40-4,41-5)42-6/h15-27H2,1-14H3,(H2,32,33,34,35,36). The monoisotopic (exact) mass is 831 g/mol. The molecular formula is C30H70FN5O9Si6. The van der Waals surface area contributed by atoms with Crippen LogP contribution in [0.5, 0.6) is 6.01 Å². The zero-order valence-electron chi connectivity index (χ0n) is 34.1. The van der Waals surface area contributed by atoms with Crippen molar-refractivity contribution in [2.24, 2.45) is 0 Å². The van der Waals surface area contributed by atoms with Crippen molar-refractivity contribution in [2.75, 3.05) is 73.2 Å². The van der Waals surface area contributed by atoms with Gasteiger partial charge in [-0.25, -0.2) is 4.39 Å². The van der Waals surface area contributed by atoms with Gasteiger partial charge in [-0.15, -0.1) is 0 Å². The van der Waals surface area contributed by atoms with Crippen LogP contribution in [0, 0.1) is 0 Å². The maximum Gasteiger partial charge on any atom is 0.500 e. The molecule has 1 heterocycles. The third-order valence-electron chi connectivity index (χ3n) is 8.77. The van der Waals surface area contributed by atoms with Gasteiger partial charge < -0.3 is 50.2 Å². The average molecular weight is 832 g/mol. The third-order valence-corrected chi connectivity index (χ3v) is 29.5. The van der Waals surface area contributed by atoms with Gasteiger partial charge >= 0.3 is 23.6 Å². The number of nitrogens with one attached hydrogen (secondary N) is 2. The van der Waals surface area contributed by atoms with Gasteiger partial charge in [0.25, 0.3) is 0 Å². The summed E-state index contributed by atoms with van der Waals surface area (Å²) in [5, 5.41) is 6.55. The largest absolute Gasteiger partial charge is 0.500 e. The summed E-state index contributed by atoms with van der Waals surface area (Å²) in [7, 11) is -2.87. The summed E-state index contributed by atoms with van der Waals surface area (Å²) in [4.78, 5) is 13.0. The molecule has 0 radical (unpaired) electrons. The molecule has 21 heteroatoms. The van der Waals surface area contributed by atoms with E-state index in [1.165, 1.54) is 0 Å². The fourth-order valence-corrected chi connectivity index (χ4v) is 28.2. The molecule has 1 aromatic rings. The Hall–Kier alpha value is -0.679. The number of nitrogens with zero attached hydrogens (tertiary/aromatic N) is 3. The molecule has 0 atom stereocenters. The van der Waals surface area contributed by atoms with E-state index in [1.807, 2.05) is 0 Å². The summed E-state index contributed by atoms with van der Waals surface area (Å²) < 4.78 is 65.2. The van der Waals surface area contributed by atoms with Crippen LogP contribution in [0.15, 0.2) is 0 Å². The van der Waals surface area contributed by atoms with E-state index in [2.05, 4.69) is 78.0 Å². The zero-order valence-corrected chi connectivity index (χ0v) is 40.1. The summed E-state index contributed by atoms with van der Waals surface area (Å²) in [6, 6.07) is 5.47. The predicted molar refractivity (Wildman–Crippen MR) is 216 cm³/mol. The van der Waals surface area contributed by atoms with Crippen LogP contribution in [0.25, 0.3) is 0 Å². The highest BCUT2D eigenvalue weighted by Gasteiger charge is 2.40. The van der Waals surface area contributed by atoms with Crippen LogP contribution in [-0.2, 0) is 34.8 Å². The van der Waals surface area contributed by atoms with E-state index in [0.717, 1.165) is 61.9 Å². The predicted octanol–water partition coefficient (Wildman–Crippen LogP) is 7.17. The van der Waals surface area contributed by atoms with Crippen LogP contribution >= 0.6 is 0 Å². The third kappa shape index (κ3) is 19.0. The minimum atomic E-state index is -2.58. The second-order valence-corrected chi connectivity index (χ2v) is 39.0. The fraction of sp³-hybridized carbons (Fsp3) is 0.900. The van der Waals surface area contributed by atoms with Gasteiger partial charge in [0, 0.05) is 67.8 Å². The Labute approximate surface area is 314 Å². The molecule has 0 aliphatic rings. The Balaban J connectivity index is 2.62. The number of anilines is 2. The first-order chi connectivity index (χ1) is 23.8. The number of alkyl halides is 1. The summed E-state index contributed by atoms with van der Waals surface area (Å²) in [5.74, 6) is 0.697. The molecule has 0 bridgehead atoms. The van der Waals surface area contributed by atoms with Crippen molar-refractivity contribution >= 4 is 62.8 Å². The van der Waals surface area contributed by atoms with E-state index >= 15 is 0 Å². The van der Waals surface area contributed by atoms with E-state index in [1.54, 1.807) is 42.7 Å². The minimum Gasteiger partial charge on any atom is -0.455 e. The molecule has 0 amide bonds. The average Bonchev–Trinajstić information content (AvgIpc) is 3.05. The summed E-state index contributed by atoms with van der Waals surface area (Å²) in [5.41, 5.74) is 0. The van der Waals surface area contributed by atoms with Gasteiger partial charge in [-0.05, 0) is 102 Å². The van der Waals surface area contributed by atoms with Crippen LogP contribution in [0.3, 0.4) is 0 Å². The molecule has 0 fully saturated rings. The van der Waals surface area contributed by atoms with Crippen molar-refractivity contribution in [1.82, 2.24) is 15.0 Å². The second kappa shape index (κ2) is 22.6. The Kier molecular flexibility index (Phi) is 21.5. The molecule has 0 spiro atoms. The van der Waals surface area contributed by atoms with Gasteiger partial charge in [0.05, 0.1) is 0 Å². The lowest BCUT2D eigenvalue weighted by molar-refractivity contribution is 0.123. The molecular weight excluding hydrogens is 762 g/mol. The van der Waals surface area contributed by atoms with Gasteiger partial charge in [0.2, 0.25) is 18.8 Å². The number of hydrogen-bond acceptors (Lipinski definition) is 14. The lowest BCUT2D eigenvalue weighted by atomic mass is 10.5. The van der Waals surface area contributed by atoms with E-state index in [-0.39, 0.29) is 6.01 Å². The SMILES string of the molecule is CO[Si](CCC[Si](C)(C)O[Si](C)(C)CCCNc1nc(NCCC[Si](C)(C)O[Si](C)(C)CCC[Si](OC)(OC)OC)nc(OCF)n1)(OC)OC. The molecule has 0 saturated heterocycles. The molecule has 14 nitrogen and oxygen atoms in total. The zero-order chi connectivity index (χ0) is 38.8. The topological polar surface area (TPSA) is 146 Å². The van der Waals surface area contributed by atoms with E-state index in [4.69, 9.17) is 39.5 Å². The lowest BCUT2D eigenvalue weighted by Crippen LogP contribution is -2.46. The van der Waals surface area contributed by atoms with E-state index < -0.39 is 57.7 Å². The van der Waals surface area contributed by atoms with Gasteiger partial charge in [-0.3, -0.25) is 0 Å². The smallest absolute Gasteiger partial charge is 0.455 e.